The fourth-order valence-corrected chi connectivity index (χ4v) is 7.28. The van der Waals surface area contributed by atoms with Crippen molar-refractivity contribution in [2.45, 2.75) is 46.2 Å². The van der Waals surface area contributed by atoms with Crippen molar-refractivity contribution in [1.29, 1.82) is 0 Å². The van der Waals surface area contributed by atoms with Crippen LogP contribution < -0.4 is 15.1 Å². The van der Waals surface area contributed by atoms with E-state index < -0.39 is 0 Å². The highest BCUT2D eigenvalue weighted by molar-refractivity contribution is 7.80. The number of nitrogens with one attached hydrogen (secondary N) is 1. The first-order valence-electron chi connectivity index (χ1n) is 14.0. The molecular weight excluding hydrogens is 536 g/mol. The summed E-state index contributed by atoms with van der Waals surface area (Å²) >= 11 is 13.0. The van der Waals surface area contributed by atoms with Gasteiger partial charge in [-0.3, -0.25) is 4.98 Å². The molecule has 40 heavy (non-hydrogen) atoms. The molecule has 4 atom stereocenters. The molecule has 2 aliphatic heterocycles. The van der Waals surface area contributed by atoms with Gasteiger partial charge in [-0.05, 0) is 98.4 Å². The minimum absolute atomic E-state index is 0.122. The second-order valence-corrected chi connectivity index (χ2v) is 12.1. The average molecular weight is 571 g/mol. The topological polar surface area (TPSA) is 49.2 Å². The molecule has 0 saturated carbocycles. The molecule has 0 amide bonds. The Hall–Kier alpha value is -3.42. The van der Waals surface area contributed by atoms with Crippen LogP contribution in [0.25, 0.3) is 5.82 Å². The number of benzene rings is 1. The van der Waals surface area contributed by atoms with Gasteiger partial charge in [-0.2, -0.15) is 0 Å². The van der Waals surface area contributed by atoms with E-state index >= 15 is 0 Å². The number of hydrogen-bond donors (Lipinski definition) is 1. The lowest BCUT2D eigenvalue weighted by Gasteiger charge is -2.37. The molecule has 0 aliphatic carbocycles. The van der Waals surface area contributed by atoms with Crippen molar-refractivity contribution >= 4 is 40.3 Å². The monoisotopic (exact) mass is 570 g/mol. The van der Waals surface area contributed by atoms with Gasteiger partial charge in [0.2, 0.25) is 0 Å². The second-order valence-electron chi connectivity index (χ2n) is 11.3. The Balaban J connectivity index is 1.44. The van der Waals surface area contributed by atoms with Crippen LogP contribution in [0.3, 0.4) is 0 Å². The predicted octanol–water partition coefficient (Wildman–Crippen LogP) is 7.20. The summed E-state index contributed by atoms with van der Waals surface area (Å²) in [7, 11) is 0. The summed E-state index contributed by atoms with van der Waals surface area (Å²) in [6.07, 6.45) is 4.92. The fourth-order valence-electron chi connectivity index (χ4n) is 6.64. The molecule has 2 aliphatic rings. The summed E-state index contributed by atoms with van der Waals surface area (Å²) < 4.78 is 2.21. The number of piperidine rings is 1. The van der Waals surface area contributed by atoms with E-state index in [2.05, 4.69) is 82.7 Å². The Morgan fingerprint density at radius 2 is 1.65 bits per heavy atom. The summed E-state index contributed by atoms with van der Waals surface area (Å²) in [5.74, 6) is 2.19. The first kappa shape index (κ1) is 26.8. The maximum absolute atomic E-state index is 7.02. The van der Waals surface area contributed by atoms with Crippen molar-refractivity contribution in [3.63, 3.8) is 0 Å². The molecule has 5 heterocycles. The van der Waals surface area contributed by atoms with Gasteiger partial charge in [-0.15, -0.1) is 0 Å². The van der Waals surface area contributed by atoms with Crippen LogP contribution in [-0.2, 0) is 0 Å². The summed E-state index contributed by atoms with van der Waals surface area (Å²) in [5, 5.41) is 5.00. The van der Waals surface area contributed by atoms with E-state index in [4.69, 9.17) is 28.8 Å². The Morgan fingerprint density at radius 3 is 2.30 bits per heavy atom. The molecule has 0 spiro atoms. The normalized spacial score (nSPS) is 23.0. The molecule has 6 rings (SSSR count). The van der Waals surface area contributed by atoms with Crippen LogP contribution in [0.1, 0.15) is 55.0 Å². The zero-order chi connectivity index (χ0) is 28.0. The van der Waals surface area contributed by atoms with E-state index in [-0.39, 0.29) is 12.1 Å². The second kappa shape index (κ2) is 10.9. The third kappa shape index (κ3) is 4.86. The lowest BCUT2D eigenvalue weighted by Crippen LogP contribution is -2.38. The predicted molar refractivity (Wildman–Crippen MR) is 168 cm³/mol. The van der Waals surface area contributed by atoms with E-state index in [1.165, 1.54) is 12.0 Å². The number of thiocarbonyl (C=S) groups is 1. The van der Waals surface area contributed by atoms with E-state index in [0.29, 0.717) is 16.9 Å². The fraction of sp³-hybridized carbons (Fsp3) is 0.344. The highest BCUT2D eigenvalue weighted by Crippen LogP contribution is 2.45. The number of hydrogen-bond acceptors (Lipinski definition) is 4. The van der Waals surface area contributed by atoms with Gasteiger partial charge >= 0.3 is 0 Å². The summed E-state index contributed by atoms with van der Waals surface area (Å²) in [4.78, 5) is 14.0. The number of pyridine rings is 2. The molecule has 0 bridgehead atoms. The smallest absolute Gasteiger partial charge is 0.174 e. The third-order valence-corrected chi connectivity index (χ3v) is 8.80. The van der Waals surface area contributed by atoms with Crippen LogP contribution >= 0.6 is 23.8 Å². The molecule has 0 radical (unpaired) electrons. The first-order chi connectivity index (χ1) is 19.3. The van der Waals surface area contributed by atoms with Crippen LogP contribution in [0.15, 0.2) is 73.1 Å². The van der Waals surface area contributed by atoms with Gasteiger partial charge in [0.15, 0.2) is 5.11 Å². The van der Waals surface area contributed by atoms with Crippen LogP contribution in [0.5, 0.6) is 0 Å². The Labute approximate surface area is 247 Å². The van der Waals surface area contributed by atoms with Crippen LogP contribution in [0.2, 0.25) is 5.02 Å². The average Bonchev–Trinajstić information content (AvgIpc) is 3.43. The van der Waals surface area contributed by atoms with Crippen molar-refractivity contribution < 1.29 is 0 Å². The van der Waals surface area contributed by atoms with Gasteiger partial charge in [0.25, 0.3) is 0 Å². The summed E-state index contributed by atoms with van der Waals surface area (Å²) in [6.45, 7) is 11.0. The SMILES string of the molecule is Cc1cc([C@@H]2[C@H](c3ccccn3)NC(=S)N2c2ccc(N3C[C@@H](C)C[C@H](C)C3)c(Cl)c2)c(C)n1-c1ccccn1. The van der Waals surface area contributed by atoms with Gasteiger partial charge in [-0.25, -0.2) is 4.98 Å². The van der Waals surface area contributed by atoms with Gasteiger partial charge < -0.3 is 19.7 Å². The Kier molecular flexibility index (Phi) is 7.27. The van der Waals surface area contributed by atoms with Crippen LogP contribution in [0.4, 0.5) is 11.4 Å². The van der Waals surface area contributed by atoms with Gasteiger partial charge in [0, 0.05) is 42.6 Å². The lowest BCUT2D eigenvalue weighted by molar-refractivity contribution is 0.357. The number of anilines is 2. The molecule has 206 valence electrons. The van der Waals surface area contributed by atoms with Crippen molar-refractivity contribution in [3.05, 3.63) is 101 Å². The van der Waals surface area contributed by atoms with Gasteiger partial charge in [0.05, 0.1) is 28.5 Å². The van der Waals surface area contributed by atoms with Crippen LogP contribution in [-0.4, -0.2) is 32.7 Å². The van der Waals surface area contributed by atoms with Gasteiger partial charge in [0.1, 0.15) is 5.82 Å². The molecule has 4 aromatic rings. The first-order valence-corrected chi connectivity index (χ1v) is 14.8. The zero-order valence-electron chi connectivity index (χ0n) is 23.4. The number of halogens is 1. The van der Waals surface area contributed by atoms with Crippen molar-refractivity contribution in [1.82, 2.24) is 19.9 Å². The zero-order valence-corrected chi connectivity index (χ0v) is 25.0. The molecule has 1 aromatic carbocycles. The van der Waals surface area contributed by atoms with E-state index in [0.717, 1.165) is 52.4 Å². The minimum Gasteiger partial charge on any atom is -0.370 e. The Bertz CT molecular complexity index is 1510. The number of rotatable bonds is 5. The molecule has 2 fully saturated rings. The maximum atomic E-state index is 7.02. The van der Waals surface area contributed by atoms with E-state index in [9.17, 15) is 0 Å². The number of nitrogens with zero attached hydrogens (tertiary/aromatic N) is 5. The lowest BCUT2D eigenvalue weighted by atomic mass is 9.91. The van der Waals surface area contributed by atoms with Crippen molar-refractivity contribution in [3.8, 4) is 5.82 Å². The third-order valence-electron chi connectivity index (χ3n) is 8.18. The molecule has 1 N–H and O–H groups in total. The Morgan fingerprint density at radius 1 is 0.925 bits per heavy atom. The van der Waals surface area contributed by atoms with E-state index in [1.807, 2.05) is 42.7 Å². The summed E-state index contributed by atoms with van der Waals surface area (Å²) in [5.41, 5.74) is 6.41. The molecule has 6 nitrogen and oxygen atoms in total. The largest absolute Gasteiger partial charge is 0.370 e. The van der Waals surface area contributed by atoms with Gasteiger partial charge in [-0.1, -0.05) is 37.6 Å². The van der Waals surface area contributed by atoms with Crippen molar-refractivity contribution in [2.75, 3.05) is 22.9 Å². The minimum atomic E-state index is -0.131. The highest BCUT2D eigenvalue weighted by Gasteiger charge is 2.42. The standard InChI is InChI=1S/C32H35ClN6S/c1-20-15-21(2)19-37(18-20)28-12-11-24(17-26(28)33)39-31(30(36-32(39)40)27-9-5-7-13-34-27)25-16-22(3)38(23(25)4)29-10-6-8-14-35-29/h5-14,16-17,20-21,30-31H,15,18-19H2,1-4H3,(H,36,40)/t20-,21-,30-,31+/m0/s1. The number of aryl methyl sites for hydroxylation is 1. The highest BCUT2D eigenvalue weighted by atomic mass is 35.5. The van der Waals surface area contributed by atoms with Crippen molar-refractivity contribution in [2.24, 2.45) is 11.8 Å². The molecule has 8 heteroatoms. The number of aromatic nitrogens is 3. The quantitative estimate of drug-likeness (QED) is 0.256. The maximum Gasteiger partial charge on any atom is 0.174 e. The molecule has 3 aromatic heterocycles. The molecule has 0 unspecified atom stereocenters. The molecule has 2 saturated heterocycles. The van der Waals surface area contributed by atoms with Crippen LogP contribution in [0, 0.1) is 25.7 Å². The van der Waals surface area contributed by atoms with E-state index in [1.54, 1.807) is 0 Å². The molecular formula is C32H35ClN6S. The summed E-state index contributed by atoms with van der Waals surface area (Å²) in [6, 6.07) is 20.4.